The zero-order valence-corrected chi connectivity index (χ0v) is 24.7. The van der Waals surface area contributed by atoms with Gasteiger partial charge in [0.1, 0.15) is 12.0 Å². The molecular weight excluding hydrogens is 591 g/mol. The van der Waals surface area contributed by atoms with Crippen molar-refractivity contribution in [3.05, 3.63) is 79.8 Å². The number of aromatic nitrogens is 6. The van der Waals surface area contributed by atoms with Crippen LogP contribution in [-0.2, 0) is 29.0 Å². The summed E-state index contributed by atoms with van der Waals surface area (Å²) in [5, 5.41) is 9.82. The van der Waals surface area contributed by atoms with Crippen LogP contribution in [-0.4, -0.2) is 61.6 Å². The molecule has 2 N–H and O–H groups in total. The highest BCUT2D eigenvalue weighted by Crippen LogP contribution is 2.48. The number of nitrogens with one attached hydrogen (secondary N) is 2. The van der Waals surface area contributed by atoms with Crippen molar-refractivity contribution in [2.45, 2.75) is 37.8 Å². The summed E-state index contributed by atoms with van der Waals surface area (Å²) in [5.74, 6) is -0.441. The van der Waals surface area contributed by atoms with Crippen molar-refractivity contribution >= 4 is 39.1 Å². The molecule has 1 aliphatic carbocycles. The molecule has 0 bridgehead atoms. The number of rotatable bonds is 6. The van der Waals surface area contributed by atoms with Crippen molar-refractivity contribution < 1.29 is 13.2 Å². The standard InChI is InChI=1S/C26H26Cl2N8O4S/c1-14-21-19(4-7-35(14)25(38)23-30-13-36(32-23)20-11-18(28)12-29-24(20)37)22(34(2)31-21)15-8-16(10-17(27)9-15)26(5-6-26)33-41(3,39)40/h8-14,33H,4-7H2,1-3H3,(H,29,37)/t14-/m0/s1. The third kappa shape index (κ3) is 5.07. The van der Waals surface area contributed by atoms with Crippen LogP contribution in [0.2, 0.25) is 10.0 Å². The molecule has 1 amide bonds. The number of aromatic amines is 1. The third-order valence-corrected chi connectivity index (χ3v) is 8.73. The van der Waals surface area contributed by atoms with Crippen molar-refractivity contribution in [1.82, 2.24) is 39.2 Å². The van der Waals surface area contributed by atoms with E-state index in [1.807, 2.05) is 26.1 Å². The van der Waals surface area contributed by atoms with Crippen LogP contribution in [0.4, 0.5) is 0 Å². The molecule has 0 saturated heterocycles. The molecule has 1 fully saturated rings. The van der Waals surface area contributed by atoms with E-state index in [4.69, 9.17) is 28.3 Å². The molecule has 4 heterocycles. The monoisotopic (exact) mass is 616 g/mol. The minimum Gasteiger partial charge on any atom is -0.327 e. The smallest absolute Gasteiger partial charge is 0.294 e. The number of fused-ring (bicyclic) bond motifs is 1. The highest BCUT2D eigenvalue weighted by Gasteiger charge is 2.47. The summed E-state index contributed by atoms with van der Waals surface area (Å²) in [7, 11) is -1.58. The van der Waals surface area contributed by atoms with E-state index in [0.29, 0.717) is 35.9 Å². The maximum atomic E-state index is 13.5. The van der Waals surface area contributed by atoms with Gasteiger partial charge in [-0.15, -0.1) is 5.10 Å². The van der Waals surface area contributed by atoms with E-state index in [-0.39, 0.29) is 23.5 Å². The fraction of sp³-hybridized carbons (Fsp3) is 0.346. The normalized spacial score (nSPS) is 17.9. The van der Waals surface area contributed by atoms with E-state index in [1.54, 1.807) is 15.6 Å². The summed E-state index contributed by atoms with van der Waals surface area (Å²) in [4.78, 5) is 34.0. The lowest BCUT2D eigenvalue weighted by atomic mass is 9.94. The highest BCUT2D eigenvalue weighted by molar-refractivity contribution is 7.88. The van der Waals surface area contributed by atoms with Crippen molar-refractivity contribution in [1.29, 1.82) is 0 Å². The molecule has 1 aliphatic heterocycles. The van der Waals surface area contributed by atoms with Crippen LogP contribution in [0.3, 0.4) is 0 Å². The number of carbonyl (C=O) groups is 1. The number of amides is 1. The topological polar surface area (TPSA) is 148 Å². The molecule has 4 aromatic rings. The van der Waals surface area contributed by atoms with E-state index >= 15 is 0 Å². The Balaban J connectivity index is 1.30. The second-order valence-corrected chi connectivity index (χ2v) is 13.1. The van der Waals surface area contributed by atoms with Gasteiger partial charge in [-0.25, -0.2) is 22.8 Å². The van der Waals surface area contributed by atoms with E-state index in [1.165, 1.54) is 23.3 Å². The number of benzene rings is 1. The lowest BCUT2D eigenvalue weighted by Crippen LogP contribution is -2.39. The number of hydrogen-bond donors (Lipinski definition) is 2. The number of pyridine rings is 1. The highest BCUT2D eigenvalue weighted by atomic mass is 35.5. The summed E-state index contributed by atoms with van der Waals surface area (Å²) in [6, 6.07) is 6.66. The van der Waals surface area contributed by atoms with E-state index in [9.17, 15) is 18.0 Å². The molecular formula is C26H26Cl2N8O4S. The van der Waals surface area contributed by atoms with Gasteiger partial charge in [-0.05, 0) is 56.0 Å². The van der Waals surface area contributed by atoms with Crippen LogP contribution >= 0.6 is 23.2 Å². The second-order valence-electron chi connectivity index (χ2n) is 10.5. The molecule has 6 rings (SSSR count). The molecule has 1 saturated carbocycles. The van der Waals surface area contributed by atoms with Gasteiger partial charge in [0, 0.05) is 35.9 Å². The first-order valence-corrected chi connectivity index (χ1v) is 15.5. The molecule has 1 atom stereocenters. The van der Waals surface area contributed by atoms with Crippen LogP contribution in [0.1, 0.15) is 53.2 Å². The van der Waals surface area contributed by atoms with Gasteiger partial charge >= 0.3 is 0 Å². The van der Waals surface area contributed by atoms with Gasteiger partial charge in [-0.3, -0.25) is 14.3 Å². The molecule has 2 aliphatic rings. The molecule has 1 aromatic carbocycles. The first kappa shape index (κ1) is 27.6. The van der Waals surface area contributed by atoms with Gasteiger partial charge in [-0.1, -0.05) is 23.2 Å². The lowest BCUT2D eigenvalue weighted by Gasteiger charge is -2.32. The minimum atomic E-state index is -3.42. The van der Waals surface area contributed by atoms with Crippen LogP contribution in [0, 0.1) is 0 Å². The van der Waals surface area contributed by atoms with Gasteiger partial charge in [0.05, 0.1) is 34.2 Å². The summed E-state index contributed by atoms with van der Waals surface area (Å²) in [5.41, 5.74) is 3.29. The predicted octanol–water partition coefficient (Wildman–Crippen LogP) is 2.96. The summed E-state index contributed by atoms with van der Waals surface area (Å²) >= 11 is 12.5. The van der Waals surface area contributed by atoms with Gasteiger partial charge in [0.25, 0.3) is 11.5 Å². The number of carbonyl (C=O) groups excluding carboxylic acids is 1. The average Bonchev–Trinajstić information content (AvgIpc) is 3.34. The predicted molar refractivity (Wildman–Crippen MR) is 153 cm³/mol. The van der Waals surface area contributed by atoms with Gasteiger partial charge < -0.3 is 9.88 Å². The molecule has 0 spiro atoms. The Labute approximate surface area is 245 Å². The second kappa shape index (κ2) is 9.79. The molecule has 12 nitrogen and oxygen atoms in total. The Hall–Kier alpha value is -3.52. The Morgan fingerprint density at radius 3 is 2.61 bits per heavy atom. The summed E-state index contributed by atoms with van der Waals surface area (Å²) in [6.45, 7) is 2.29. The zero-order valence-electron chi connectivity index (χ0n) is 22.4. The maximum absolute atomic E-state index is 13.5. The van der Waals surface area contributed by atoms with Gasteiger partial charge in [-0.2, -0.15) is 5.10 Å². The van der Waals surface area contributed by atoms with E-state index < -0.39 is 21.1 Å². The molecule has 3 aromatic heterocycles. The zero-order chi connectivity index (χ0) is 29.3. The Bertz CT molecular complexity index is 1880. The number of halogens is 2. The maximum Gasteiger partial charge on any atom is 0.294 e. The third-order valence-electron chi connectivity index (χ3n) is 7.54. The van der Waals surface area contributed by atoms with Crippen LogP contribution in [0.5, 0.6) is 0 Å². The average molecular weight is 618 g/mol. The van der Waals surface area contributed by atoms with E-state index in [0.717, 1.165) is 34.3 Å². The molecule has 41 heavy (non-hydrogen) atoms. The molecule has 0 unspecified atom stereocenters. The molecule has 0 radical (unpaired) electrons. The summed E-state index contributed by atoms with van der Waals surface area (Å²) in [6.07, 6.45) is 5.72. The molecule has 15 heteroatoms. The first-order valence-electron chi connectivity index (χ1n) is 12.8. The first-order chi connectivity index (χ1) is 19.3. The quantitative estimate of drug-likeness (QED) is 0.338. The summed E-state index contributed by atoms with van der Waals surface area (Å²) < 4.78 is 29.8. The van der Waals surface area contributed by atoms with Crippen LogP contribution in [0.25, 0.3) is 16.9 Å². The van der Waals surface area contributed by atoms with Crippen molar-refractivity contribution in [3.63, 3.8) is 0 Å². The van der Waals surface area contributed by atoms with Crippen molar-refractivity contribution in [2.75, 3.05) is 12.8 Å². The van der Waals surface area contributed by atoms with Gasteiger partial charge in [0.2, 0.25) is 15.8 Å². The number of aryl methyl sites for hydroxylation is 1. The Kier molecular flexibility index (Phi) is 6.60. The van der Waals surface area contributed by atoms with E-state index in [2.05, 4.69) is 19.8 Å². The van der Waals surface area contributed by atoms with Crippen LogP contribution < -0.4 is 10.3 Å². The largest absolute Gasteiger partial charge is 0.327 e. The van der Waals surface area contributed by atoms with Crippen molar-refractivity contribution in [3.8, 4) is 16.9 Å². The Morgan fingerprint density at radius 1 is 1.15 bits per heavy atom. The number of nitrogens with zero attached hydrogens (tertiary/aromatic N) is 6. The van der Waals surface area contributed by atoms with Gasteiger partial charge in [0.15, 0.2) is 0 Å². The number of hydrogen-bond acceptors (Lipinski definition) is 7. The van der Waals surface area contributed by atoms with Crippen LogP contribution in [0.15, 0.2) is 41.6 Å². The fourth-order valence-corrected chi connectivity index (χ4v) is 6.96. The number of sulfonamides is 1. The fourth-order valence-electron chi connectivity index (χ4n) is 5.54. The lowest BCUT2D eigenvalue weighted by molar-refractivity contribution is 0.0661. The number of H-pyrrole nitrogens is 1. The SMILES string of the molecule is C[C@H]1c2nn(C)c(-c3cc(Cl)cc(C4(NS(C)(=O)=O)CC4)c3)c2CCN1C(=O)c1ncn(-c2cc(Cl)c[nH]c2=O)n1. The minimum absolute atomic E-state index is 0.0524. The van der Waals surface area contributed by atoms with Crippen molar-refractivity contribution in [2.24, 2.45) is 7.05 Å². The molecule has 214 valence electrons. The Morgan fingerprint density at radius 2 is 1.90 bits per heavy atom.